The Balaban J connectivity index is 0.000000275. The van der Waals surface area contributed by atoms with Crippen LogP contribution in [0.1, 0.15) is 17.2 Å². The zero-order valence-corrected chi connectivity index (χ0v) is 16.9. The Morgan fingerprint density at radius 3 is 2.30 bits per heavy atom. The quantitative estimate of drug-likeness (QED) is 0.700. The third-order valence-electron chi connectivity index (χ3n) is 4.68. The first-order chi connectivity index (χ1) is 14.3. The predicted molar refractivity (Wildman–Crippen MR) is 110 cm³/mol. The summed E-state index contributed by atoms with van der Waals surface area (Å²) in [5.74, 6) is 0.171. The lowest BCUT2D eigenvalue weighted by Crippen LogP contribution is -2.49. The van der Waals surface area contributed by atoms with Gasteiger partial charge >= 0.3 is 11.9 Å². The number of aromatic nitrogens is 3. The van der Waals surface area contributed by atoms with E-state index in [-0.39, 0.29) is 0 Å². The van der Waals surface area contributed by atoms with E-state index in [0.29, 0.717) is 12.2 Å². The molecule has 10 nitrogen and oxygen atoms in total. The third kappa shape index (κ3) is 5.29. The first-order valence-corrected chi connectivity index (χ1v) is 9.50. The maximum atomic E-state index is 9.55. The third-order valence-corrected chi connectivity index (χ3v) is 4.68. The molecule has 1 aromatic heterocycles. The van der Waals surface area contributed by atoms with Crippen molar-refractivity contribution in [1.82, 2.24) is 24.6 Å². The molecule has 10 heteroatoms. The Morgan fingerprint density at radius 1 is 1.03 bits per heavy atom. The number of piperazine rings is 1. The van der Waals surface area contributed by atoms with E-state index in [1.165, 1.54) is 5.56 Å². The number of carboxylic acids is 2. The first-order valence-electron chi connectivity index (χ1n) is 9.50. The summed E-state index contributed by atoms with van der Waals surface area (Å²) in [6.45, 7) is 5.97. The molecule has 0 aliphatic carbocycles. The molecule has 0 amide bonds. The number of aliphatic imine (C=N–C) groups is 1. The van der Waals surface area contributed by atoms with Crippen LogP contribution in [0.2, 0.25) is 0 Å². The fraction of sp³-hybridized carbons (Fsp3) is 0.350. The molecule has 30 heavy (non-hydrogen) atoms. The number of likely N-dealkylation sites (N-methyl/N-ethyl adjacent to an activating group) is 1. The van der Waals surface area contributed by atoms with Crippen LogP contribution in [-0.2, 0) is 16.0 Å². The van der Waals surface area contributed by atoms with Crippen molar-refractivity contribution < 1.29 is 19.8 Å². The van der Waals surface area contributed by atoms with Crippen LogP contribution in [0, 0.1) is 6.92 Å². The standard InChI is InChI=1S/C16H20N6.C4H4O4/c1-12-17-15-11-13-5-3-4-6-14(13)18-16(22(15)19-12)21-9-7-20(2)8-10-21;5-3(6)1-2-4(7)8/h3-6H,7-11H2,1-2H3;1-2H,(H,5,6)(H,7,8)/b;2-1-. The molecule has 3 heterocycles. The number of para-hydroxylation sites is 1. The Labute approximate surface area is 173 Å². The lowest BCUT2D eigenvalue weighted by Gasteiger charge is -2.34. The predicted octanol–water partition coefficient (Wildman–Crippen LogP) is 0.986. The van der Waals surface area contributed by atoms with Crippen LogP contribution in [-0.4, -0.2) is 85.9 Å². The highest BCUT2D eigenvalue weighted by atomic mass is 16.4. The van der Waals surface area contributed by atoms with Gasteiger partial charge in [0.25, 0.3) is 0 Å². The van der Waals surface area contributed by atoms with E-state index in [1.807, 2.05) is 17.7 Å². The largest absolute Gasteiger partial charge is 0.478 e. The molecule has 2 aliphatic rings. The van der Waals surface area contributed by atoms with Crippen molar-refractivity contribution in [3.05, 3.63) is 53.6 Å². The van der Waals surface area contributed by atoms with E-state index < -0.39 is 11.9 Å². The van der Waals surface area contributed by atoms with Crippen molar-refractivity contribution in [2.24, 2.45) is 4.99 Å². The number of hydrogen-bond acceptors (Lipinski definition) is 7. The van der Waals surface area contributed by atoms with Crippen molar-refractivity contribution >= 4 is 23.6 Å². The maximum absolute atomic E-state index is 9.55. The lowest BCUT2D eigenvalue weighted by atomic mass is 10.1. The van der Waals surface area contributed by atoms with Gasteiger partial charge in [-0.3, -0.25) is 0 Å². The van der Waals surface area contributed by atoms with Gasteiger partial charge in [-0.15, -0.1) is 5.10 Å². The first kappa shape index (κ1) is 21.2. The summed E-state index contributed by atoms with van der Waals surface area (Å²) in [5, 5.41) is 20.2. The number of carbonyl (C=O) groups is 2. The Hall–Kier alpha value is -3.53. The molecule has 0 saturated carbocycles. The van der Waals surface area contributed by atoms with E-state index in [0.717, 1.165) is 55.9 Å². The van der Waals surface area contributed by atoms with Crippen LogP contribution in [0.25, 0.3) is 0 Å². The van der Waals surface area contributed by atoms with Crippen molar-refractivity contribution in [2.45, 2.75) is 13.3 Å². The minimum Gasteiger partial charge on any atom is -0.478 e. The van der Waals surface area contributed by atoms with Gasteiger partial charge in [0.1, 0.15) is 11.6 Å². The molecule has 0 spiro atoms. The van der Waals surface area contributed by atoms with Crippen molar-refractivity contribution in [3.63, 3.8) is 0 Å². The topological polar surface area (TPSA) is 124 Å². The molecule has 2 N–H and O–H groups in total. The number of aryl methyl sites for hydroxylation is 1. The summed E-state index contributed by atoms with van der Waals surface area (Å²) in [6, 6.07) is 8.30. The van der Waals surface area contributed by atoms with Crippen LogP contribution in [0.15, 0.2) is 41.4 Å². The average molecular weight is 412 g/mol. The van der Waals surface area contributed by atoms with Gasteiger partial charge in [0.05, 0.1) is 5.69 Å². The SMILES string of the molecule is Cc1nc2n(n1)C(N1CCN(C)CC1)=Nc1ccccc1C2.O=C(O)/C=C\C(=O)O. The molecule has 1 aromatic carbocycles. The summed E-state index contributed by atoms with van der Waals surface area (Å²) < 4.78 is 1.93. The van der Waals surface area contributed by atoms with Gasteiger partial charge in [-0.05, 0) is 25.6 Å². The van der Waals surface area contributed by atoms with E-state index >= 15 is 0 Å². The summed E-state index contributed by atoms with van der Waals surface area (Å²) in [5.41, 5.74) is 2.24. The minimum absolute atomic E-state index is 0.558. The molecule has 2 aliphatic heterocycles. The molecule has 1 fully saturated rings. The van der Waals surface area contributed by atoms with Gasteiger partial charge < -0.3 is 20.0 Å². The van der Waals surface area contributed by atoms with Crippen molar-refractivity contribution in [1.29, 1.82) is 0 Å². The minimum atomic E-state index is -1.26. The van der Waals surface area contributed by atoms with Crippen molar-refractivity contribution in [3.8, 4) is 0 Å². The molecule has 0 bridgehead atoms. The molecule has 2 aromatic rings. The van der Waals surface area contributed by atoms with Crippen molar-refractivity contribution in [2.75, 3.05) is 33.2 Å². The summed E-state index contributed by atoms with van der Waals surface area (Å²) in [7, 11) is 2.16. The van der Waals surface area contributed by atoms with Crippen LogP contribution >= 0.6 is 0 Å². The maximum Gasteiger partial charge on any atom is 0.328 e. The number of carboxylic acid groups (broad SMARTS) is 2. The molecule has 4 rings (SSSR count). The molecule has 0 atom stereocenters. The lowest BCUT2D eigenvalue weighted by molar-refractivity contribution is -0.134. The van der Waals surface area contributed by atoms with Gasteiger partial charge in [-0.2, -0.15) is 4.68 Å². The Kier molecular flexibility index (Phi) is 6.58. The highest BCUT2D eigenvalue weighted by Crippen LogP contribution is 2.25. The molecule has 0 unspecified atom stereocenters. The summed E-state index contributed by atoms with van der Waals surface area (Å²) in [4.78, 5) is 33.3. The van der Waals surface area contributed by atoms with E-state index in [4.69, 9.17) is 15.2 Å². The van der Waals surface area contributed by atoms with Crippen LogP contribution in [0.5, 0.6) is 0 Å². The van der Waals surface area contributed by atoms with Gasteiger partial charge in [-0.25, -0.2) is 19.6 Å². The Morgan fingerprint density at radius 2 is 1.67 bits per heavy atom. The molecule has 0 radical (unpaired) electrons. The summed E-state index contributed by atoms with van der Waals surface area (Å²) >= 11 is 0. The number of hydrogen-bond donors (Lipinski definition) is 2. The van der Waals surface area contributed by atoms with E-state index in [2.05, 4.69) is 45.1 Å². The Bertz CT molecular complexity index is 973. The number of benzene rings is 1. The van der Waals surface area contributed by atoms with Crippen LogP contribution in [0.4, 0.5) is 5.69 Å². The number of rotatable bonds is 2. The van der Waals surface area contributed by atoms with Gasteiger partial charge in [0.15, 0.2) is 0 Å². The molecule has 158 valence electrons. The highest BCUT2D eigenvalue weighted by molar-refractivity contribution is 5.89. The normalized spacial score (nSPS) is 16.1. The molecular formula is C20H24N6O4. The monoisotopic (exact) mass is 412 g/mol. The highest BCUT2D eigenvalue weighted by Gasteiger charge is 2.25. The number of fused-ring (bicyclic) bond motifs is 2. The van der Waals surface area contributed by atoms with E-state index in [1.54, 1.807) is 0 Å². The van der Waals surface area contributed by atoms with Gasteiger partial charge in [-0.1, -0.05) is 18.2 Å². The zero-order valence-electron chi connectivity index (χ0n) is 16.9. The second-order valence-corrected chi connectivity index (χ2v) is 7.00. The fourth-order valence-corrected chi connectivity index (χ4v) is 3.18. The smallest absolute Gasteiger partial charge is 0.328 e. The average Bonchev–Trinajstić information content (AvgIpc) is 2.99. The number of aliphatic carboxylic acids is 2. The molecular weight excluding hydrogens is 388 g/mol. The van der Waals surface area contributed by atoms with E-state index in [9.17, 15) is 9.59 Å². The van der Waals surface area contributed by atoms with Crippen LogP contribution < -0.4 is 0 Å². The van der Waals surface area contributed by atoms with Gasteiger partial charge in [0.2, 0.25) is 5.96 Å². The zero-order chi connectivity index (χ0) is 21.7. The molecule has 1 saturated heterocycles. The fourth-order valence-electron chi connectivity index (χ4n) is 3.18. The van der Waals surface area contributed by atoms with Crippen LogP contribution in [0.3, 0.4) is 0 Å². The summed E-state index contributed by atoms with van der Waals surface area (Å²) in [6.07, 6.45) is 1.89. The van der Waals surface area contributed by atoms with Gasteiger partial charge in [0, 0.05) is 44.8 Å². The second-order valence-electron chi connectivity index (χ2n) is 7.00. The second kappa shape index (κ2) is 9.31. The number of nitrogens with zero attached hydrogens (tertiary/aromatic N) is 6.